The van der Waals surface area contributed by atoms with Crippen LogP contribution in [0, 0.1) is 5.92 Å². The standard InChI is InChI=1S/C18H23N3O4/c1-11(2)16(23)17(24)19-10-14(22)20-15-13-7-5-4-6-12(13)8-9-21(3)18(15)25/h4-7,11,15H,8-10H2,1-3H3,(H,19,24)(H,20,22). The number of Topliss-reactive ketones (excluding diaryl/α,β-unsaturated/α-hetero) is 1. The molecule has 0 saturated carbocycles. The van der Waals surface area contributed by atoms with Crippen LogP contribution in [-0.4, -0.2) is 48.5 Å². The Balaban J connectivity index is 2.07. The van der Waals surface area contributed by atoms with E-state index < -0.39 is 29.6 Å². The van der Waals surface area contributed by atoms with E-state index in [1.807, 2.05) is 24.3 Å². The van der Waals surface area contributed by atoms with Gasteiger partial charge in [0.2, 0.25) is 17.6 Å². The van der Waals surface area contributed by atoms with E-state index in [4.69, 9.17) is 0 Å². The lowest BCUT2D eigenvalue weighted by Gasteiger charge is -2.22. The molecule has 2 N–H and O–H groups in total. The van der Waals surface area contributed by atoms with Gasteiger partial charge in [-0.1, -0.05) is 38.1 Å². The molecule has 0 saturated heterocycles. The summed E-state index contributed by atoms with van der Waals surface area (Å²) in [7, 11) is 1.69. The first-order valence-corrected chi connectivity index (χ1v) is 8.25. The second-order valence-corrected chi connectivity index (χ2v) is 6.41. The summed E-state index contributed by atoms with van der Waals surface area (Å²) in [6.45, 7) is 3.44. The van der Waals surface area contributed by atoms with Crippen LogP contribution in [0.1, 0.15) is 31.0 Å². The molecule has 1 atom stereocenters. The van der Waals surface area contributed by atoms with Gasteiger partial charge < -0.3 is 15.5 Å². The van der Waals surface area contributed by atoms with Gasteiger partial charge in [-0.2, -0.15) is 0 Å². The van der Waals surface area contributed by atoms with E-state index in [1.165, 1.54) is 0 Å². The summed E-state index contributed by atoms with van der Waals surface area (Å²) in [4.78, 5) is 49.5. The summed E-state index contributed by atoms with van der Waals surface area (Å²) in [6.07, 6.45) is 0.713. The molecule has 1 aromatic rings. The fourth-order valence-corrected chi connectivity index (χ4v) is 2.66. The summed E-state index contributed by atoms with van der Waals surface area (Å²) in [5.41, 5.74) is 1.76. The molecule has 0 bridgehead atoms. The van der Waals surface area contributed by atoms with Crippen molar-refractivity contribution >= 4 is 23.5 Å². The molecular formula is C18H23N3O4. The number of benzene rings is 1. The minimum atomic E-state index is -0.797. The van der Waals surface area contributed by atoms with E-state index in [-0.39, 0.29) is 12.5 Å². The average Bonchev–Trinajstić information content (AvgIpc) is 2.71. The highest BCUT2D eigenvalue weighted by Crippen LogP contribution is 2.24. The van der Waals surface area contributed by atoms with Gasteiger partial charge >= 0.3 is 0 Å². The summed E-state index contributed by atoms with van der Waals surface area (Å²) in [5.74, 6) is -2.54. The third kappa shape index (κ3) is 4.43. The quantitative estimate of drug-likeness (QED) is 0.745. The smallest absolute Gasteiger partial charge is 0.288 e. The van der Waals surface area contributed by atoms with Gasteiger partial charge in [-0.25, -0.2) is 0 Å². The first-order chi connectivity index (χ1) is 11.8. The molecule has 1 aromatic carbocycles. The molecule has 7 nitrogen and oxygen atoms in total. The predicted molar refractivity (Wildman–Crippen MR) is 91.5 cm³/mol. The molecule has 3 amide bonds. The Hall–Kier alpha value is -2.70. The predicted octanol–water partition coefficient (Wildman–Crippen LogP) is 0.200. The van der Waals surface area contributed by atoms with Crippen molar-refractivity contribution in [2.75, 3.05) is 20.1 Å². The molecule has 1 heterocycles. The number of likely N-dealkylation sites (N-methyl/N-ethyl adjacent to an activating group) is 1. The van der Waals surface area contributed by atoms with Gasteiger partial charge in [0.05, 0.1) is 6.54 Å². The highest BCUT2D eigenvalue weighted by molar-refractivity contribution is 6.37. The van der Waals surface area contributed by atoms with E-state index in [1.54, 1.807) is 25.8 Å². The third-order valence-corrected chi connectivity index (χ3v) is 4.17. The monoisotopic (exact) mass is 345 g/mol. The number of carbonyl (C=O) groups is 4. The Morgan fingerprint density at radius 3 is 2.60 bits per heavy atom. The Morgan fingerprint density at radius 1 is 1.24 bits per heavy atom. The van der Waals surface area contributed by atoms with Gasteiger partial charge in [0.15, 0.2) is 0 Å². The van der Waals surface area contributed by atoms with Gasteiger partial charge in [0, 0.05) is 19.5 Å². The van der Waals surface area contributed by atoms with E-state index in [0.29, 0.717) is 13.0 Å². The van der Waals surface area contributed by atoms with Crippen LogP contribution in [0.4, 0.5) is 0 Å². The first kappa shape index (κ1) is 18.6. The van der Waals surface area contributed by atoms with Crippen molar-refractivity contribution in [2.45, 2.75) is 26.3 Å². The Labute approximate surface area is 146 Å². The van der Waals surface area contributed by atoms with Gasteiger partial charge in [0.1, 0.15) is 6.04 Å². The number of rotatable bonds is 5. The third-order valence-electron chi connectivity index (χ3n) is 4.17. The number of hydrogen-bond donors (Lipinski definition) is 2. The number of nitrogens with zero attached hydrogens (tertiary/aromatic N) is 1. The molecular weight excluding hydrogens is 322 g/mol. The Kier molecular flexibility index (Phi) is 5.90. The molecule has 0 spiro atoms. The number of carbonyl (C=O) groups excluding carboxylic acids is 4. The van der Waals surface area contributed by atoms with Crippen LogP contribution >= 0.6 is 0 Å². The zero-order valence-corrected chi connectivity index (χ0v) is 14.7. The normalized spacial score (nSPS) is 16.9. The molecule has 1 aliphatic rings. The Bertz CT molecular complexity index is 699. The minimum absolute atomic E-state index is 0.206. The van der Waals surface area contributed by atoms with Crippen LogP contribution in [0.15, 0.2) is 24.3 Å². The van der Waals surface area contributed by atoms with Crippen molar-refractivity contribution in [2.24, 2.45) is 5.92 Å². The van der Waals surface area contributed by atoms with Crippen LogP contribution in [-0.2, 0) is 25.6 Å². The van der Waals surface area contributed by atoms with E-state index in [9.17, 15) is 19.2 Å². The number of hydrogen-bond acceptors (Lipinski definition) is 4. The van der Waals surface area contributed by atoms with Crippen LogP contribution in [0.3, 0.4) is 0 Å². The van der Waals surface area contributed by atoms with Crippen LogP contribution in [0.25, 0.3) is 0 Å². The SMILES string of the molecule is CC(C)C(=O)C(=O)NCC(=O)NC1C(=O)N(C)CCc2ccccc21. The van der Waals surface area contributed by atoms with Gasteiger partial charge in [0.25, 0.3) is 5.91 Å². The fraction of sp³-hybridized carbons (Fsp3) is 0.444. The van der Waals surface area contributed by atoms with Crippen molar-refractivity contribution in [1.29, 1.82) is 0 Å². The zero-order valence-electron chi connectivity index (χ0n) is 14.7. The lowest BCUT2D eigenvalue weighted by Crippen LogP contribution is -2.45. The van der Waals surface area contributed by atoms with Crippen molar-refractivity contribution in [3.8, 4) is 0 Å². The average molecular weight is 345 g/mol. The summed E-state index contributed by atoms with van der Waals surface area (Å²) >= 11 is 0. The molecule has 0 fully saturated rings. The molecule has 25 heavy (non-hydrogen) atoms. The molecule has 0 radical (unpaired) electrons. The maximum absolute atomic E-state index is 12.5. The van der Waals surface area contributed by atoms with Gasteiger partial charge in [-0.15, -0.1) is 0 Å². The maximum atomic E-state index is 12.5. The molecule has 7 heteroatoms. The fourth-order valence-electron chi connectivity index (χ4n) is 2.66. The molecule has 2 rings (SSSR count). The highest BCUT2D eigenvalue weighted by atomic mass is 16.2. The molecule has 0 aliphatic carbocycles. The maximum Gasteiger partial charge on any atom is 0.288 e. The summed E-state index contributed by atoms with van der Waals surface area (Å²) < 4.78 is 0. The van der Waals surface area contributed by atoms with E-state index in [2.05, 4.69) is 10.6 Å². The number of amides is 3. The summed E-state index contributed by atoms with van der Waals surface area (Å²) in [6, 6.07) is 6.67. The summed E-state index contributed by atoms with van der Waals surface area (Å²) in [5, 5.41) is 4.96. The number of fused-ring (bicyclic) bond motifs is 1. The molecule has 1 aliphatic heterocycles. The Morgan fingerprint density at radius 2 is 1.92 bits per heavy atom. The van der Waals surface area contributed by atoms with Gasteiger partial charge in [-0.05, 0) is 17.5 Å². The van der Waals surface area contributed by atoms with Crippen molar-refractivity contribution in [3.05, 3.63) is 35.4 Å². The van der Waals surface area contributed by atoms with Crippen LogP contribution in [0.2, 0.25) is 0 Å². The lowest BCUT2D eigenvalue weighted by molar-refractivity contribution is -0.140. The topological polar surface area (TPSA) is 95.6 Å². The largest absolute Gasteiger partial charge is 0.343 e. The second kappa shape index (κ2) is 7.92. The van der Waals surface area contributed by atoms with E-state index in [0.717, 1.165) is 11.1 Å². The van der Waals surface area contributed by atoms with Crippen molar-refractivity contribution < 1.29 is 19.2 Å². The van der Waals surface area contributed by atoms with Crippen LogP contribution in [0.5, 0.6) is 0 Å². The molecule has 0 aromatic heterocycles. The van der Waals surface area contributed by atoms with Crippen molar-refractivity contribution in [3.63, 3.8) is 0 Å². The zero-order chi connectivity index (χ0) is 18.6. The lowest BCUT2D eigenvalue weighted by atomic mass is 9.99. The number of nitrogens with one attached hydrogen (secondary N) is 2. The molecule has 134 valence electrons. The van der Waals surface area contributed by atoms with Crippen LogP contribution < -0.4 is 10.6 Å². The number of ketones is 1. The van der Waals surface area contributed by atoms with Gasteiger partial charge in [-0.3, -0.25) is 19.2 Å². The highest BCUT2D eigenvalue weighted by Gasteiger charge is 2.30. The second-order valence-electron chi connectivity index (χ2n) is 6.41. The van der Waals surface area contributed by atoms with E-state index >= 15 is 0 Å². The minimum Gasteiger partial charge on any atom is -0.343 e. The first-order valence-electron chi connectivity index (χ1n) is 8.25. The molecule has 1 unspecified atom stereocenters. The van der Waals surface area contributed by atoms with Crippen molar-refractivity contribution in [1.82, 2.24) is 15.5 Å².